The first-order valence-corrected chi connectivity index (χ1v) is 9.86. The maximum absolute atomic E-state index is 4.67. The van der Waals surface area contributed by atoms with E-state index in [1.165, 1.54) is 24.0 Å². The van der Waals surface area contributed by atoms with E-state index in [4.69, 9.17) is 0 Å². The summed E-state index contributed by atoms with van der Waals surface area (Å²) in [7, 11) is 0. The van der Waals surface area contributed by atoms with E-state index in [1.54, 1.807) is 6.33 Å². The van der Waals surface area contributed by atoms with Crippen LogP contribution in [0.25, 0.3) is 11.2 Å². The predicted octanol–water partition coefficient (Wildman–Crippen LogP) is 4.76. The summed E-state index contributed by atoms with van der Waals surface area (Å²) in [6.07, 6.45) is 12.9. The number of nitrogens with zero attached hydrogens (tertiary/aromatic N) is 5. The summed E-state index contributed by atoms with van der Waals surface area (Å²) in [5.74, 6) is 1.82. The second-order valence-electron chi connectivity index (χ2n) is 7.51. The second-order valence-corrected chi connectivity index (χ2v) is 7.51. The van der Waals surface area contributed by atoms with Crippen molar-refractivity contribution in [2.24, 2.45) is 5.92 Å². The van der Waals surface area contributed by atoms with E-state index in [-0.39, 0.29) is 0 Å². The normalized spacial score (nSPS) is 15.7. The van der Waals surface area contributed by atoms with Crippen molar-refractivity contribution in [3.05, 3.63) is 36.0 Å². The lowest BCUT2D eigenvalue weighted by Crippen LogP contribution is -2.27. The first-order valence-electron chi connectivity index (χ1n) is 9.86. The zero-order valence-electron chi connectivity index (χ0n) is 16.6. The Morgan fingerprint density at radius 1 is 1.15 bits per heavy atom. The highest BCUT2D eigenvalue weighted by Gasteiger charge is 2.26. The summed E-state index contributed by atoms with van der Waals surface area (Å²) in [6, 6.07) is 0. The molecule has 1 aliphatic carbocycles. The predicted molar refractivity (Wildman–Crippen MR) is 108 cm³/mol. The molecule has 0 radical (unpaired) electrons. The summed E-state index contributed by atoms with van der Waals surface area (Å²) in [4.78, 5) is 16.2. The summed E-state index contributed by atoms with van der Waals surface area (Å²) in [5.41, 5.74) is 4.53. The molecule has 2 aromatic heterocycles. The molecule has 0 aliphatic heterocycles. The van der Waals surface area contributed by atoms with Gasteiger partial charge in [0.2, 0.25) is 0 Å². The van der Waals surface area contributed by atoms with E-state index in [9.17, 15) is 0 Å². The molecule has 1 aliphatic rings. The molecule has 2 heterocycles. The first-order chi connectivity index (χ1) is 12.6. The van der Waals surface area contributed by atoms with Crippen LogP contribution < -0.4 is 4.90 Å². The van der Waals surface area contributed by atoms with Gasteiger partial charge in [-0.05, 0) is 45.4 Å². The van der Waals surface area contributed by atoms with Crippen LogP contribution in [0, 0.1) is 5.92 Å². The van der Waals surface area contributed by atoms with Crippen LogP contribution >= 0.6 is 0 Å². The molecule has 0 spiro atoms. The fourth-order valence-corrected chi connectivity index (χ4v) is 3.10. The molecule has 2 aromatic rings. The van der Waals surface area contributed by atoms with Crippen molar-refractivity contribution in [1.29, 1.82) is 0 Å². The minimum Gasteiger partial charge on any atom is -0.354 e. The van der Waals surface area contributed by atoms with Crippen LogP contribution in [-0.4, -0.2) is 32.6 Å². The minimum atomic E-state index is 0.802. The van der Waals surface area contributed by atoms with E-state index in [0.717, 1.165) is 55.4 Å². The largest absolute Gasteiger partial charge is 0.354 e. The third-order valence-corrected chi connectivity index (χ3v) is 4.98. The Morgan fingerprint density at radius 2 is 1.92 bits per heavy atom. The van der Waals surface area contributed by atoms with E-state index >= 15 is 0 Å². The molecule has 0 atom stereocenters. The summed E-state index contributed by atoms with van der Waals surface area (Å²) in [5, 5.41) is 0. The molecule has 140 valence electrons. The number of allylic oxidation sites excluding steroid dienone is 4. The van der Waals surface area contributed by atoms with Crippen LogP contribution in [0.15, 0.2) is 36.0 Å². The van der Waals surface area contributed by atoms with Gasteiger partial charge in [-0.25, -0.2) is 15.0 Å². The lowest BCUT2D eigenvalue weighted by Gasteiger charge is -2.23. The van der Waals surface area contributed by atoms with E-state index in [0.29, 0.717) is 0 Å². The Balaban J connectivity index is 1.85. The van der Waals surface area contributed by atoms with Crippen LogP contribution in [0.5, 0.6) is 0 Å². The molecule has 0 unspecified atom stereocenters. The molecular weight excluding hydrogens is 322 g/mol. The lowest BCUT2D eigenvalue weighted by molar-refractivity contribution is 0.700. The summed E-state index contributed by atoms with van der Waals surface area (Å²) < 4.78 is 2.13. The zero-order chi connectivity index (χ0) is 18.5. The fourth-order valence-electron chi connectivity index (χ4n) is 3.10. The number of fused-ring (bicyclic) bond motifs is 1. The quantitative estimate of drug-likeness (QED) is 0.610. The molecule has 5 heteroatoms. The van der Waals surface area contributed by atoms with Crippen LogP contribution in [0.2, 0.25) is 0 Å². The first kappa shape index (κ1) is 18.6. The van der Waals surface area contributed by atoms with Gasteiger partial charge in [-0.15, -0.1) is 0 Å². The zero-order valence-corrected chi connectivity index (χ0v) is 16.6. The topological polar surface area (TPSA) is 46.8 Å². The molecule has 3 rings (SSSR count). The van der Waals surface area contributed by atoms with Crippen molar-refractivity contribution in [3.8, 4) is 0 Å². The summed E-state index contributed by atoms with van der Waals surface area (Å²) >= 11 is 0. The Hall–Kier alpha value is -2.17. The minimum absolute atomic E-state index is 0.802. The van der Waals surface area contributed by atoms with Gasteiger partial charge in [0.05, 0.1) is 6.33 Å². The standard InChI is InChI=1S/C21H31N5/c1-5-11-25(13-18-9-10-18)20-19-21(23-14-22-20)26(15-24-19)12-17(4)8-7-16(3)6-2/h7-8,14-15,18H,5-6,9-13H2,1-4H3/b16-7-,17-8-. The van der Waals surface area contributed by atoms with E-state index in [1.807, 2.05) is 6.33 Å². The number of imidazole rings is 1. The molecule has 5 nitrogen and oxygen atoms in total. The molecule has 26 heavy (non-hydrogen) atoms. The highest BCUT2D eigenvalue weighted by Crippen LogP contribution is 2.32. The Labute approximate surface area is 156 Å². The van der Waals surface area contributed by atoms with Gasteiger partial charge in [-0.1, -0.05) is 37.1 Å². The average molecular weight is 354 g/mol. The van der Waals surface area contributed by atoms with Crippen molar-refractivity contribution in [1.82, 2.24) is 19.5 Å². The smallest absolute Gasteiger partial charge is 0.165 e. The lowest BCUT2D eigenvalue weighted by atomic mass is 10.2. The average Bonchev–Trinajstić information content (AvgIpc) is 3.38. The van der Waals surface area contributed by atoms with E-state index in [2.05, 4.69) is 64.3 Å². The van der Waals surface area contributed by atoms with Crippen molar-refractivity contribution in [2.75, 3.05) is 18.0 Å². The Bertz CT molecular complexity index is 798. The number of hydrogen-bond acceptors (Lipinski definition) is 4. The van der Waals surface area contributed by atoms with Gasteiger partial charge in [0, 0.05) is 19.6 Å². The van der Waals surface area contributed by atoms with Gasteiger partial charge in [-0.3, -0.25) is 0 Å². The Morgan fingerprint density at radius 3 is 2.62 bits per heavy atom. The molecule has 1 fully saturated rings. The van der Waals surface area contributed by atoms with Gasteiger partial charge < -0.3 is 9.47 Å². The number of anilines is 1. The van der Waals surface area contributed by atoms with Crippen LogP contribution in [0.4, 0.5) is 5.82 Å². The maximum atomic E-state index is 4.67. The second kappa shape index (κ2) is 8.47. The molecule has 1 saturated carbocycles. The van der Waals surface area contributed by atoms with Crippen molar-refractivity contribution in [3.63, 3.8) is 0 Å². The van der Waals surface area contributed by atoms with Crippen molar-refractivity contribution < 1.29 is 0 Å². The van der Waals surface area contributed by atoms with Gasteiger partial charge >= 0.3 is 0 Å². The van der Waals surface area contributed by atoms with Crippen LogP contribution in [0.1, 0.15) is 53.4 Å². The third-order valence-electron chi connectivity index (χ3n) is 4.98. The van der Waals surface area contributed by atoms with Gasteiger partial charge in [0.1, 0.15) is 6.33 Å². The number of aromatic nitrogens is 4. The fraction of sp³-hybridized carbons (Fsp3) is 0.571. The van der Waals surface area contributed by atoms with Crippen LogP contribution in [-0.2, 0) is 6.54 Å². The number of hydrogen-bond donors (Lipinski definition) is 0. The highest BCUT2D eigenvalue weighted by atomic mass is 15.2. The van der Waals surface area contributed by atoms with Gasteiger partial charge in [0.25, 0.3) is 0 Å². The van der Waals surface area contributed by atoms with E-state index < -0.39 is 0 Å². The summed E-state index contributed by atoms with van der Waals surface area (Å²) in [6.45, 7) is 11.6. The monoisotopic (exact) mass is 353 g/mol. The SMILES string of the molecule is CCCN(CC1CC1)c1ncnc2c1ncn2C/C(C)=C\C=C(\C)CC. The third kappa shape index (κ3) is 4.51. The molecule has 0 amide bonds. The van der Waals surface area contributed by atoms with Crippen LogP contribution in [0.3, 0.4) is 0 Å². The molecule has 0 saturated heterocycles. The highest BCUT2D eigenvalue weighted by molar-refractivity contribution is 5.83. The molecular formula is C21H31N5. The van der Waals surface area contributed by atoms with Crippen molar-refractivity contribution >= 4 is 17.0 Å². The Kier molecular flexibility index (Phi) is 6.07. The van der Waals surface area contributed by atoms with Crippen molar-refractivity contribution in [2.45, 2.75) is 59.9 Å². The molecule has 0 N–H and O–H groups in total. The maximum Gasteiger partial charge on any atom is 0.165 e. The molecule has 0 bridgehead atoms. The van der Waals surface area contributed by atoms with Gasteiger partial charge in [-0.2, -0.15) is 0 Å². The van der Waals surface area contributed by atoms with Gasteiger partial charge in [0.15, 0.2) is 17.0 Å². The number of rotatable bonds is 9. The molecule has 0 aromatic carbocycles.